The molecule has 0 bridgehead atoms. The zero-order valence-corrected chi connectivity index (χ0v) is 24.3. The molecule has 3 aromatic rings. The summed E-state index contributed by atoms with van der Waals surface area (Å²) >= 11 is 1.27. The molecule has 2 aliphatic heterocycles. The molecule has 4 heterocycles. The van der Waals surface area contributed by atoms with E-state index in [1.807, 2.05) is 37.3 Å². The van der Waals surface area contributed by atoms with E-state index < -0.39 is 18.1 Å². The van der Waals surface area contributed by atoms with Crippen LogP contribution >= 0.6 is 11.3 Å². The highest BCUT2D eigenvalue weighted by Gasteiger charge is 2.45. The third-order valence-corrected chi connectivity index (χ3v) is 8.71. The molecular weight excluding hydrogens is 544 g/mol. The van der Waals surface area contributed by atoms with Gasteiger partial charge in [-0.1, -0.05) is 41.7 Å². The summed E-state index contributed by atoms with van der Waals surface area (Å²) in [5.41, 5.74) is 1.45. The van der Waals surface area contributed by atoms with Gasteiger partial charge in [-0.3, -0.25) is 14.4 Å². The van der Waals surface area contributed by atoms with Gasteiger partial charge in [0.05, 0.1) is 18.3 Å². The first-order chi connectivity index (χ1) is 19.9. The fourth-order valence-corrected chi connectivity index (χ4v) is 6.48. The summed E-state index contributed by atoms with van der Waals surface area (Å²) in [7, 11) is 1.70. The van der Waals surface area contributed by atoms with Crippen molar-refractivity contribution in [1.29, 1.82) is 0 Å². The van der Waals surface area contributed by atoms with Gasteiger partial charge in [-0.15, -0.1) is 0 Å². The van der Waals surface area contributed by atoms with Crippen LogP contribution in [-0.2, 0) is 19.1 Å². The molecule has 1 unspecified atom stereocenters. The van der Waals surface area contributed by atoms with Crippen molar-refractivity contribution in [2.75, 3.05) is 19.0 Å². The maximum atomic E-state index is 14.0. The summed E-state index contributed by atoms with van der Waals surface area (Å²) in [5.74, 6) is -0.432. The van der Waals surface area contributed by atoms with Gasteiger partial charge in [0.2, 0.25) is 17.7 Å². The van der Waals surface area contributed by atoms with Gasteiger partial charge in [-0.2, -0.15) is 0 Å². The standard InChI is InChI=1S/C29H36N6O5S/c1-4-39-20-12-10-19-11-13-22(35(19)29(38)21(16-20)32-24(36)17(2)30-3)25(37)34-27-23(18-8-6-5-7-9-18)33-28(41-27)26-31-14-15-40-26/h5-9,14-15,17,19-22,30H,4,10-13,16H2,1-3H3,(H,32,36)(H,34,37)/t17-,19-,20?,21-,22-/m0/s1. The Hall–Kier alpha value is -3.61. The van der Waals surface area contributed by atoms with Gasteiger partial charge >= 0.3 is 0 Å². The monoisotopic (exact) mass is 580 g/mol. The maximum Gasteiger partial charge on any atom is 0.255 e. The lowest BCUT2D eigenvalue weighted by Gasteiger charge is -2.37. The van der Waals surface area contributed by atoms with Crippen molar-refractivity contribution in [1.82, 2.24) is 25.5 Å². The summed E-state index contributed by atoms with van der Waals surface area (Å²) in [6.07, 6.45) is 5.95. The summed E-state index contributed by atoms with van der Waals surface area (Å²) in [4.78, 5) is 51.3. The Bertz CT molecular complexity index is 1350. The molecule has 11 nitrogen and oxygen atoms in total. The van der Waals surface area contributed by atoms with Crippen LogP contribution in [-0.4, -0.2) is 76.5 Å². The van der Waals surface area contributed by atoms with E-state index in [2.05, 4.69) is 20.9 Å². The normalized spacial score (nSPS) is 23.4. The van der Waals surface area contributed by atoms with Crippen LogP contribution in [0.15, 0.2) is 47.2 Å². The minimum Gasteiger partial charge on any atom is -0.443 e. The lowest BCUT2D eigenvalue weighted by molar-refractivity contribution is -0.144. The number of aromatic nitrogens is 2. The largest absolute Gasteiger partial charge is 0.443 e. The number of nitrogens with zero attached hydrogens (tertiary/aromatic N) is 3. The van der Waals surface area contributed by atoms with Gasteiger partial charge in [0.1, 0.15) is 29.0 Å². The Morgan fingerprint density at radius 3 is 2.68 bits per heavy atom. The van der Waals surface area contributed by atoms with E-state index in [9.17, 15) is 14.4 Å². The number of oxazole rings is 1. The molecule has 41 heavy (non-hydrogen) atoms. The van der Waals surface area contributed by atoms with Crippen LogP contribution in [0, 0.1) is 0 Å². The highest BCUT2D eigenvalue weighted by atomic mass is 32.1. The molecule has 0 radical (unpaired) electrons. The fraction of sp³-hybridized carbons (Fsp3) is 0.483. The van der Waals surface area contributed by atoms with Crippen LogP contribution in [0.1, 0.15) is 46.0 Å². The minimum atomic E-state index is -0.786. The Kier molecular flexibility index (Phi) is 9.11. The topological polar surface area (TPSA) is 139 Å². The number of carbonyl (C=O) groups is 3. The zero-order chi connectivity index (χ0) is 28.9. The predicted octanol–water partition coefficient (Wildman–Crippen LogP) is 3.44. The number of benzene rings is 1. The molecule has 5 atom stereocenters. The van der Waals surface area contributed by atoms with Crippen molar-refractivity contribution in [3.8, 4) is 22.2 Å². The lowest BCUT2D eigenvalue weighted by atomic mass is 9.96. The molecule has 0 spiro atoms. The highest BCUT2D eigenvalue weighted by Crippen LogP contribution is 2.39. The van der Waals surface area contributed by atoms with Crippen LogP contribution in [0.2, 0.25) is 0 Å². The van der Waals surface area contributed by atoms with Crippen LogP contribution in [0.3, 0.4) is 0 Å². The molecule has 2 fully saturated rings. The Labute approximate surface area is 243 Å². The van der Waals surface area contributed by atoms with Crippen molar-refractivity contribution in [3.63, 3.8) is 0 Å². The molecule has 2 aliphatic rings. The number of amides is 3. The van der Waals surface area contributed by atoms with Crippen molar-refractivity contribution >= 4 is 34.1 Å². The number of likely N-dealkylation sites (N-methyl/N-ethyl adjacent to an activating group) is 1. The third kappa shape index (κ3) is 6.34. The van der Waals surface area contributed by atoms with Gasteiger partial charge < -0.3 is 30.0 Å². The first-order valence-corrected chi connectivity index (χ1v) is 14.9. The molecule has 3 N–H and O–H groups in total. The zero-order valence-electron chi connectivity index (χ0n) is 23.5. The summed E-state index contributed by atoms with van der Waals surface area (Å²) < 4.78 is 11.4. The lowest BCUT2D eigenvalue weighted by Crippen LogP contribution is -2.58. The smallest absolute Gasteiger partial charge is 0.255 e. The Morgan fingerprint density at radius 1 is 1.20 bits per heavy atom. The van der Waals surface area contributed by atoms with Crippen LogP contribution < -0.4 is 16.0 Å². The number of anilines is 1. The first kappa shape index (κ1) is 28.9. The Balaban J connectivity index is 1.41. The molecule has 5 rings (SSSR count). The maximum absolute atomic E-state index is 14.0. The van der Waals surface area contributed by atoms with Gasteiger partial charge in [-0.05, 0) is 46.6 Å². The number of fused-ring (bicyclic) bond motifs is 1. The second-order valence-electron chi connectivity index (χ2n) is 10.3. The molecule has 0 aliphatic carbocycles. The number of hydrogen-bond acceptors (Lipinski definition) is 9. The van der Waals surface area contributed by atoms with Gasteiger partial charge in [0, 0.05) is 24.6 Å². The summed E-state index contributed by atoms with van der Waals surface area (Å²) in [6.45, 7) is 4.19. The van der Waals surface area contributed by atoms with E-state index in [0.29, 0.717) is 47.5 Å². The SMILES string of the molecule is CCOC1CC[C@H]2CC[C@@H](C(=O)Nc3sc(-c4ncco4)nc3-c3ccccc3)N2C(=O)[C@@H](NC(=O)[C@H](C)NC)C1. The van der Waals surface area contributed by atoms with E-state index in [4.69, 9.17) is 14.1 Å². The Morgan fingerprint density at radius 2 is 1.98 bits per heavy atom. The van der Waals surface area contributed by atoms with Crippen molar-refractivity contribution < 1.29 is 23.5 Å². The molecule has 12 heteroatoms. The van der Waals surface area contributed by atoms with E-state index in [0.717, 1.165) is 18.4 Å². The second kappa shape index (κ2) is 12.9. The minimum absolute atomic E-state index is 0.111. The van der Waals surface area contributed by atoms with Gasteiger partial charge in [0.15, 0.2) is 5.01 Å². The number of rotatable bonds is 9. The fourth-order valence-electron chi connectivity index (χ4n) is 5.54. The van der Waals surface area contributed by atoms with Crippen molar-refractivity contribution in [2.24, 2.45) is 0 Å². The number of nitrogens with one attached hydrogen (secondary N) is 3. The number of thiazole rings is 1. The predicted molar refractivity (Wildman–Crippen MR) is 155 cm³/mol. The van der Waals surface area contributed by atoms with Crippen LogP contribution in [0.4, 0.5) is 5.00 Å². The van der Waals surface area contributed by atoms with Gasteiger partial charge in [0.25, 0.3) is 5.89 Å². The number of hydrogen-bond donors (Lipinski definition) is 3. The quantitative estimate of drug-likeness (QED) is 0.350. The molecule has 2 saturated heterocycles. The number of carbonyl (C=O) groups excluding carboxylic acids is 3. The van der Waals surface area contributed by atoms with E-state index in [1.54, 1.807) is 25.1 Å². The van der Waals surface area contributed by atoms with E-state index in [1.165, 1.54) is 17.6 Å². The second-order valence-corrected chi connectivity index (χ2v) is 11.3. The molecule has 218 valence electrons. The van der Waals surface area contributed by atoms with Crippen molar-refractivity contribution in [2.45, 2.75) is 76.2 Å². The molecule has 0 saturated carbocycles. The van der Waals surface area contributed by atoms with Crippen molar-refractivity contribution in [3.05, 3.63) is 42.8 Å². The van der Waals surface area contributed by atoms with E-state index >= 15 is 0 Å². The molecule has 1 aromatic carbocycles. The number of ether oxygens (including phenoxy) is 1. The van der Waals surface area contributed by atoms with Gasteiger partial charge in [-0.25, -0.2) is 9.97 Å². The highest BCUT2D eigenvalue weighted by molar-refractivity contribution is 7.19. The first-order valence-electron chi connectivity index (χ1n) is 14.1. The average molecular weight is 581 g/mol. The molecular formula is C29H36N6O5S. The average Bonchev–Trinajstić information content (AvgIpc) is 3.74. The van der Waals surface area contributed by atoms with Crippen LogP contribution in [0.25, 0.3) is 22.2 Å². The summed E-state index contributed by atoms with van der Waals surface area (Å²) in [6, 6.07) is 7.54. The third-order valence-electron chi connectivity index (χ3n) is 7.75. The van der Waals surface area contributed by atoms with Crippen LogP contribution in [0.5, 0.6) is 0 Å². The van der Waals surface area contributed by atoms with E-state index in [-0.39, 0.29) is 29.9 Å². The summed E-state index contributed by atoms with van der Waals surface area (Å²) in [5, 5.41) is 10.00. The molecule has 3 amide bonds. The molecule has 2 aromatic heterocycles.